The van der Waals surface area contributed by atoms with Crippen LogP contribution in [0.1, 0.15) is 19.4 Å². The lowest BCUT2D eigenvalue weighted by Gasteiger charge is -2.17. The van der Waals surface area contributed by atoms with Gasteiger partial charge in [-0.15, -0.1) is 11.8 Å². The largest absolute Gasteiger partial charge is 0.491 e. The summed E-state index contributed by atoms with van der Waals surface area (Å²) in [6.07, 6.45) is 8.11. The normalized spacial score (nSPS) is 13.0. The van der Waals surface area contributed by atoms with Crippen molar-refractivity contribution in [1.29, 1.82) is 0 Å². The van der Waals surface area contributed by atoms with Crippen molar-refractivity contribution in [1.82, 2.24) is 4.57 Å². The Kier molecular flexibility index (Phi) is 9.81. The van der Waals surface area contributed by atoms with Crippen LogP contribution >= 0.6 is 23.4 Å². The summed E-state index contributed by atoms with van der Waals surface area (Å²) in [5.74, 6) is 0.722. The van der Waals surface area contributed by atoms with E-state index < -0.39 is 0 Å². The van der Waals surface area contributed by atoms with Crippen LogP contribution in [-0.2, 0) is 6.54 Å². The van der Waals surface area contributed by atoms with Gasteiger partial charge in [-0.25, -0.2) is 9.38 Å². The van der Waals surface area contributed by atoms with Gasteiger partial charge in [-0.1, -0.05) is 17.7 Å². The molecular weight excluding hydrogens is 451 g/mol. The summed E-state index contributed by atoms with van der Waals surface area (Å²) in [4.78, 5) is 16.9. The second-order valence-electron chi connectivity index (χ2n) is 6.85. The number of rotatable bonds is 8. The van der Waals surface area contributed by atoms with Crippen molar-refractivity contribution in [2.75, 3.05) is 13.4 Å². The number of pyridine rings is 1. The average molecular weight is 477 g/mol. The Labute approximate surface area is 196 Å². The molecule has 32 heavy (non-hydrogen) atoms. The van der Waals surface area contributed by atoms with Gasteiger partial charge in [0, 0.05) is 5.54 Å². The Morgan fingerprint density at radius 1 is 1.25 bits per heavy atom. The summed E-state index contributed by atoms with van der Waals surface area (Å²) in [7, 11) is 1.42. The first-order valence-electron chi connectivity index (χ1n) is 9.73. The summed E-state index contributed by atoms with van der Waals surface area (Å²) < 4.78 is 26.2. The van der Waals surface area contributed by atoms with E-state index in [2.05, 4.69) is 4.99 Å². The van der Waals surface area contributed by atoms with Crippen LogP contribution in [0.25, 0.3) is 0 Å². The maximum absolute atomic E-state index is 13.2. The van der Waals surface area contributed by atoms with Gasteiger partial charge in [0.2, 0.25) is 11.3 Å². The fraction of sp³-hybridized carbons (Fsp3) is 0.250. The number of allylic oxidation sites excluding steroid dienone is 5. The third kappa shape index (κ3) is 7.43. The molecule has 0 fully saturated rings. The third-order valence-corrected chi connectivity index (χ3v) is 5.19. The highest BCUT2D eigenvalue weighted by molar-refractivity contribution is 8.13. The molecule has 0 radical (unpaired) electrons. The maximum Gasteiger partial charge on any atom is 0.227 e. The lowest BCUT2D eigenvalue weighted by atomic mass is 10.2. The fourth-order valence-electron chi connectivity index (χ4n) is 2.72. The maximum atomic E-state index is 13.2. The van der Waals surface area contributed by atoms with E-state index >= 15 is 0 Å². The number of ether oxygens (including phenoxy) is 2. The van der Waals surface area contributed by atoms with Crippen molar-refractivity contribution in [2.45, 2.75) is 27.3 Å². The van der Waals surface area contributed by atoms with Crippen LogP contribution in [0.15, 0.2) is 75.4 Å². The molecule has 0 aliphatic carbocycles. The number of nitrogens with zero attached hydrogens (tertiary/aromatic N) is 2. The molecule has 1 aromatic heterocycles. The predicted octanol–water partition coefficient (Wildman–Crippen LogP) is 6.92. The monoisotopic (exact) mass is 476 g/mol. The molecule has 170 valence electrons. The zero-order chi connectivity index (χ0) is 23.7. The smallest absolute Gasteiger partial charge is 0.227 e. The molecule has 5 nitrogen and oxygen atoms in total. The molecule has 0 atom stereocenters. The number of thioether (sulfide) groups is 1. The van der Waals surface area contributed by atoms with E-state index in [1.807, 2.05) is 38.3 Å². The molecule has 0 aliphatic rings. The first kappa shape index (κ1) is 25.5. The predicted molar refractivity (Wildman–Crippen MR) is 133 cm³/mol. The first-order chi connectivity index (χ1) is 15.3. The summed E-state index contributed by atoms with van der Waals surface area (Å²) in [6, 6.07) is 6.94. The highest BCUT2D eigenvalue weighted by Crippen LogP contribution is 2.29. The Morgan fingerprint density at radius 3 is 2.59 bits per heavy atom. The molecule has 0 saturated carbocycles. The van der Waals surface area contributed by atoms with Crippen LogP contribution in [0.4, 0.5) is 10.1 Å². The Bertz CT molecular complexity index is 1130. The van der Waals surface area contributed by atoms with Crippen molar-refractivity contribution in [3.8, 4) is 17.4 Å². The van der Waals surface area contributed by atoms with Crippen LogP contribution < -0.4 is 14.9 Å². The van der Waals surface area contributed by atoms with Gasteiger partial charge in [0.05, 0.1) is 42.5 Å². The van der Waals surface area contributed by atoms with Gasteiger partial charge in [-0.05, 0) is 68.5 Å². The van der Waals surface area contributed by atoms with Crippen LogP contribution in [0.5, 0.6) is 17.4 Å². The van der Waals surface area contributed by atoms with Crippen LogP contribution in [-0.4, -0.2) is 23.0 Å². The standard InChI is InChI=1S/C24H26ClFN2O3S/c1-16-12-20(27-18(3)32-5)8-9-22(16)31-24-13-21(29)23(30-4)15-28(24)14-19(10-11-25)7-6-17(2)26/h6-13,15H,14H2,1-5H3/b11-10+,17-6+,19-7+,27-18-. The molecule has 0 amide bonds. The molecule has 0 aliphatic heterocycles. The second kappa shape index (κ2) is 12.3. The van der Waals surface area contributed by atoms with Gasteiger partial charge in [-0.3, -0.25) is 4.79 Å². The molecule has 0 N–H and O–H groups in total. The van der Waals surface area contributed by atoms with Crippen molar-refractivity contribution >= 4 is 34.1 Å². The number of aliphatic imine (C=N–C) groups is 1. The Balaban J connectivity index is 2.47. The minimum atomic E-state index is -0.338. The molecule has 8 heteroatoms. The highest BCUT2D eigenvalue weighted by atomic mass is 35.5. The topological polar surface area (TPSA) is 52.8 Å². The van der Waals surface area contributed by atoms with Gasteiger partial charge in [0.1, 0.15) is 5.75 Å². The van der Waals surface area contributed by atoms with Gasteiger partial charge in [-0.2, -0.15) is 0 Å². The summed E-state index contributed by atoms with van der Waals surface area (Å²) in [6.45, 7) is 5.48. The number of halogens is 2. The van der Waals surface area contributed by atoms with E-state index in [1.54, 1.807) is 34.7 Å². The van der Waals surface area contributed by atoms with Crippen molar-refractivity contribution < 1.29 is 13.9 Å². The van der Waals surface area contributed by atoms with E-state index in [9.17, 15) is 9.18 Å². The number of methoxy groups -OCH3 is 1. The van der Waals surface area contributed by atoms with Crippen LogP contribution in [0, 0.1) is 6.92 Å². The quantitative estimate of drug-likeness (QED) is 0.235. The van der Waals surface area contributed by atoms with E-state index in [0.29, 0.717) is 17.2 Å². The molecule has 0 bridgehead atoms. The van der Waals surface area contributed by atoms with Crippen LogP contribution in [0.3, 0.4) is 0 Å². The summed E-state index contributed by atoms with van der Waals surface area (Å²) in [5, 5.41) is 0.950. The second-order valence-corrected chi connectivity index (χ2v) is 8.10. The first-order valence-corrected chi connectivity index (χ1v) is 11.4. The fourth-order valence-corrected chi connectivity index (χ4v) is 3.08. The van der Waals surface area contributed by atoms with E-state index in [4.69, 9.17) is 21.1 Å². The molecule has 0 saturated heterocycles. The number of hydrogen-bond donors (Lipinski definition) is 0. The van der Waals surface area contributed by atoms with Crippen molar-refractivity contribution in [2.24, 2.45) is 4.99 Å². The lowest BCUT2D eigenvalue weighted by Crippen LogP contribution is -2.13. The summed E-state index contributed by atoms with van der Waals surface area (Å²) in [5.41, 5.74) is 3.41. The zero-order valence-electron chi connectivity index (χ0n) is 18.7. The molecule has 1 heterocycles. The minimum Gasteiger partial charge on any atom is -0.491 e. The molecule has 1 aromatic carbocycles. The minimum absolute atomic E-state index is 0.165. The number of hydrogen-bond acceptors (Lipinski definition) is 5. The number of aromatic nitrogens is 1. The lowest BCUT2D eigenvalue weighted by molar-refractivity contribution is 0.390. The highest BCUT2D eigenvalue weighted by Gasteiger charge is 2.12. The average Bonchev–Trinajstić information content (AvgIpc) is 2.75. The van der Waals surface area contributed by atoms with Crippen LogP contribution in [0.2, 0.25) is 0 Å². The van der Waals surface area contributed by atoms with Gasteiger partial charge < -0.3 is 14.0 Å². The Morgan fingerprint density at radius 2 is 2.00 bits per heavy atom. The summed E-state index contributed by atoms with van der Waals surface area (Å²) >= 11 is 7.33. The molecule has 0 spiro atoms. The zero-order valence-corrected chi connectivity index (χ0v) is 20.3. The molecular formula is C24H26ClFN2O3S. The third-order valence-electron chi connectivity index (χ3n) is 4.39. The van der Waals surface area contributed by atoms with Gasteiger partial charge in [0.25, 0.3) is 0 Å². The van der Waals surface area contributed by atoms with Gasteiger partial charge in [0.15, 0.2) is 5.75 Å². The SMILES string of the molecule is COc1cn(CC(/C=C/Cl)=C/C=C(\C)F)c(Oc2ccc(/N=C(/C)SC)cc2C)cc1=O. The number of benzene rings is 1. The Hall–Kier alpha value is -2.77. The van der Waals surface area contributed by atoms with Crippen molar-refractivity contribution in [3.63, 3.8) is 0 Å². The van der Waals surface area contributed by atoms with E-state index in [1.165, 1.54) is 31.7 Å². The van der Waals surface area contributed by atoms with Gasteiger partial charge >= 0.3 is 0 Å². The molecule has 0 unspecified atom stereocenters. The van der Waals surface area contributed by atoms with Crippen molar-refractivity contribution in [3.05, 3.63) is 81.4 Å². The van der Waals surface area contributed by atoms with E-state index in [-0.39, 0.29) is 23.5 Å². The number of aryl methyl sites for hydroxylation is 1. The molecule has 2 rings (SSSR count). The van der Waals surface area contributed by atoms with E-state index in [0.717, 1.165) is 16.3 Å². The molecule has 2 aromatic rings.